The number of hydrogen-bond donors (Lipinski definition) is 2. The van der Waals surface area contributed by atoms with E-state index in [2.05, 4.69) is 22.5 Å². The fourth-order valence-electron chi connectivity index (χ4n) is 2.52. The van der Waals surface area contributed by atoms with E-state index in [1.54, 1.807) is 23.5 Å². The maximum atomic E-state index is 12.8. The highest BCUT2D eigenvalue weighted by atomic mass is 32.1. The SMILES string of the molecule is CC1CCc2nc(NC(=S)NCc3ccc(F)cc3)sc2C1. The van der Waals surface area contributed by atoms with E-state index in [-0.39, 0.29) is 5.82 Å². The van der Waals surface area contributed by atoms with Crippen molar-refractivity contribution in [2.75, 3.05) is 5.32 Å². The predicted octanol–water partition coefficient (Wildman–Crippen LogP) is 3.89. The Morgan fingerprint density at radius 3 is 2.95 bits per heavy atom. The summed E-state index contributed by atoms with van der Waals surface area (Å²) >= 11 is 6.99. The molecule has 1 unspecified atom stereocenters. The first-order valence-electron chi connectivity index (χ1n) is 7.38. The molecule has 22 heavy (non-hydrogen) atoms. The van der Waals surface area contributed by atoms with Gasteiger partial charge in [-0.3, -0.25) is 0 Å². The summed E-state index contributed by atoms with van der Waals surface area (Å²) in [5.41, 5.74) is 2.20. The van der Waals surface area contributed by atoms with Crippen LogP contribution in [0.25, 0.3) is 0 Å². The molecular weight excluding hydrogens is 317 g/mol. The third-order valence-corrected chi connectivity index (χ3v) is 5.05. The first-order valence-corrected chi connectivity index (χ1v) is 8.60. The fraction of sp³-hybridized carbons (Fsp3) is 0.375. The molecular formula is C16H18FN3S2. The van der Waals surface area contributed by atoms with Crippen LogP contribution in [0.15, 0.2) is 24.3 Å². The molecule has 116 valence electrons. The second kappa shape index (κ2) is 6.71. The summed E-state index contributed by atoms with van der Waals surface area (Å²) in [6.45, 7) is 2.85. The van der Waals surface area contributed by atoms with Crippen LogP contribution in [0.1, 0.15) is 29.5 Å². The highest BCUT2D eigenvalue weighted by Crippen LogP contribution is 2.31. The summed E-state index contributed by atoms with van der Waals surface area (Å²) < 4.78 is 12.8. The van der Waals surface area contributed by atoms with Gasteiger partial charge in [0.2, 0.25) is 0 Å². The molecule has 0 saturated heterocycles. The number of hydrogen-bond acceptors (Lipinski definition) is 3. The number of aromatic nitrogens is 1. The Kier molecular flexibility index (Phi) is 4.69. The van der Waals surface area contributed by atoms with Gasteiger partial charge < -0.3 is 10.6 Å². The van der Waals surface area contributed by atoms with Crippen molar-refractivity contribution in [1.29, 1.82) is 0 Å². The summed E-state index contributed by atoms with van der Waals surface area (Å²) in [7, 11) is 0. The quantitative estimate of drug-likeness (QED) is 0.835. The van der Waals surface area contributed by atoms with Gasteiger partial charge in [0.15, 0.2) is 10.2 Å². The third-order valence-electron chi connectivity index (χ3n) is 3.77. The third kappa shape index (κ3) is 3.81. The van der Waals surface area contributed by atoms with Crippen molar-refractivity contribution in [3.05, 3.63) is 46.2 Å². The zero-order valence-corrected chi connectivity index (χ0v) is 14.0. The first kappa shape index (κ1) is 15.4. The minimum absolute atomic E-state index is 0.230. The van der Waals surface area contributed by atoms with Crippen LogP contribution < -0.4 is 10.6 Å². The molecule has 2 aromatic rings. The van der Waals surface area contributed by atoms with E-state index in [0.717, 1.165) is 29.5 Å². The molecule has 0 saturated carbocycles. The van der Waals surface area contributed by atoms with Crippen LogP contribution in [0.5, 0.6) is 0 Å². The lowest BCUT2D eigenvalue weighted by Crippen LogP contribution is -2.27. The van der Waals surface area contributed by atoms with Crippen LogP contribution in [-0.2, 0) is 19.4 Å². The smallest absolute Gasteiger partial charge is 0.189 e. The van der Waals surface area contributed by atoms with E-state index in [4.69, 9.17) is 12.2 Å². The Morgan fingerprint density at radius 2 is 2.18 bits per heavy atom. The van der Waals surface area contributed by atoms with Gasteiger partial charge in [0.1, 0.15) is 5.82 Å². The van der Waals surface area contributed by atoms with E-state index >= 15 is 0 Å². The van der Waals surface area contributed by atoms with Crippen molar-refractivity contribution in [3.8, 4) is 0 Å². The van der Waals surface area contributed by atoms with Crippen LogP contribution >= 0.6 is 23.6 Å². The molecule has 1 aromatic carbocycles. The number of thiazole rings is 1. The Balaban J connectivity index is 1.54. The lowest BCUT2D eigenvalue weighted by molar-refractivity contribution is 0.502. The monoisotopic (exact) mass is 335 g/mol. The summed E-state index contributed by atoms with van der Waals surface area (Å²) in [6, 6.07) is 6.38. The lowest BCUT2D eigenvalue weighted by atomic mass is 9.93. The van der Waals surface area contributed by atoms with Crippen LogP contribution in [0.3, 0.4) is 0 Å². The van der Waals surface area contributed by atoms with Gasteiger partial charge in [-0.1, -0.05) is 19.1 Å². The summed E-state index contributed by atoms with van der Waals surface area (Å²) in [6.07, 6.45) is 3.39. The minimum Gasteiger partial charge on any atom is -0.358 e. The predicted molar refractivity (Wildman–Crippen MR) is 92.8 cm³/mol. The number of benzene rings is 1. The lowest BCUT2D eigenvalue weighted by Gasteiger charge is -2.15. The number of aryl methyl sites for hydroxylation is 1. The number of fused-ring (bicyclic) bond motifs is 1. The van der Waals surface area contributed by atoms with Gasteiger partial charge in [-0.05, 0) is 55.1 Å². The second-order valence-electron chi connectivity index (χ2n) is 5.67. The average molecular weight is 335 g/mol. The van der Waals surface area contributed by atoms with Crippen LogP contribution in [0.4, 0.5) is 9.52 Å². The van der Waals surface area contributed by atoms with Gasteiger partial charge in [-0.2, -0.15) is 0 Å². The molecule has 0 amide bonds. The zero-order valence-electron chi connectivity index (χ0n) is 12.4. The largest absolute Gasteiger partial charge is 0.358 e. The number of thiocarbonyl (C=S) groups is 1. The van der Waals surface area contributed by atoms with Crippen molar-refractivity contribution >= 4 is 33.8 Å². The molecule has 6 heteroatoms. The molecule has 3 nitrogen and oxygen atoms in total. The maximum Gasteiger partial charge on any atom is 0.189 e. The van der Waals surface area contributed by atoms with E-state index in [1.807, 2.05) is 0 Å². The van der Waals surface area contributed by atoms with Crippen LogP contribution in [0, 0.1) is 11.7 Å². The van der Waals surface area contributed by atoms with Crippen LogP contribution in [-0.4, -0.2) is 10.1 Å². The molecule has 1 aliphatic rings. The number of nitrogens with one attached hydrogen (secondary N) is 2. The average Bonchev–Trinajstić information content (AvgIpc) is 2.88. The Bertz CT molecular complexity index is 667. The molecule has 0 bridgehead atoms. The minimum atomic E-state index is -0.230. The molecule has 1 heterocycles. The number of rotatable bonds is 3. The van der Waals surface area contributed by atoms with Crippen molar-refractivity contribution in [2.45, 2.75) is 32.7 Å². The zero-order chi connectivity index (χ0) is 15.5. The second-order valence-corrected chi connectivity index (χ2v) is 7.16. The molecule has 0 radical (unpaired) electrons. The number of halogens is 1. The maximum absolute atomic E-state index is 12.8. The topological polar surface area (TPSA) is 37.0 Å². The van der Waals surface area contributed by atoms with Crippen molar-refractivity contribution in [1.82, 2.24) is 10.3 Å². The summed E-state index contributed by atoms with van der Waals surface area (Å²) in [4.78, 5) is 6.00. The number of anilines is 1. The van der Waals surface area contributed by atoms with E-state index in [9.17, 15) is 4.39 Å². The highest BCUT2D eigenvalue weighted by Gasteiger charge is 2.19. The van der Waals surface area contributed by atoms with Crippen molar-refractivity contribution < 1.29 is 4.39 Å². The molecule has 1 aliphatic carbocycles. The Labute approximate surface area is 139 Å². The Morgan fingerprint density at radius 1 is 1.41 bits per heavy atom. The van der Waals surface area contributed by atoms with Gasteiger partial charge in [0.05, 0.1) is 5.69 Å². The van der Waals surface area contributed by atoms with E-state index < -0.39 is 0 Å². The fourth-order valence-corrected chi connectivity index (χ4v) is 3.93. The molecule has 0 aliphatic heterocycles. The van der Waals surface area contributed by atoms with E-state index in [0.29, 0.717) is 11.7 Å². The number of nitrogens with zero attached hydrogens (tertiary/aromatic N) is 1. The first-order chi connectivity index (χ1) is 10.6. The summed E-state index contributed by atoms with van der Waals surface area (Å²) in [5.74, 6) is 0.511. The van der Waals surface area contributed by atoms with Gasteiger partial charge in [-0.15, -0.1) is 11.3 Å². The molecule has 2 N–H and O–H groups in total. The molecule has 1 atom stereocenters. The normalized spacial score (nSPS) is 16.9. The molecule has 3 rings (SSSR count). The highest BCUT2D eigenvalue weighted by molar-refractivity contribution is 7.80. The standard InChI is InChI=1S/C16H18FN3S2/c1-10-2-7-13-14(8-10)22-16(19-13)20-15(21)18-9-11-3-5-12(17)6-4-11/h3-6,10H,2,7-9H2,1H3,(H2,18,19,20,21). The summed E-state index contributed by atoms with van der Waals surface area (Å²) in [5, 5.41) is 7.67. The van der Waals surface area contributed by atoms with Crippen molar-refractivity contribution in [3.63, 3.8) is 0 Å². The van der Waals surface area contributed by atoms with Gasteiger partial charge in [-0.25, -0.2) is 9.37 Å². The molecule has 0 fully saturated rings. The van der Waals surface area contributed by atoms with Gasteiger partial charge in [0, 0.05) is 11.4 Å². The van der Waals surface area contributed by atoms with E-state index in [1.165, 1.54) is 29.1 Å². The van der Waals surface area contributed by atoms with Gasteiger partial charge in [0.25, 0.3) is 0 Å². The van der Waals surface area contributed by atoms with Crippen molar-refractivity contribution in [2.24, 2.45) is 5.92 Å². The molecule has 1 aromatic heterocycles. The molecule has 0 spiro atoms. The van der Waals surface area contributed by atoms with Crippen LogP contribution in [0.2, 0.25) is 0 Å². The van der Waals surface area contributed by atoms with Gasteiger partial charge >= 0.3 is 0 Å². The Hall–Kier alpha value is -1.53.